The van der Waals surface area contributed by atoms with Crippen LogP contribution in [0.15, 0.2) is 36.4 Å². The van der Waals surface area contributed by atoms with Gasteiger partial charge in [-0.05, 0) is 47.2 Å². The first-order valence-corrected chi connectivity index (χ1v) is 6.55. The van der Waals surface area contributed by atoms with Crippen molar-refractivity contribution in [3.8, 4) is 17.1 Å². The smallest absolute Gasteiger partial charge is 0.187 e. The fourth-order valence-corrected chi connectivity index (χ4v) is 2.23. The summed E-state index contributed by atoms with van der Waals surface area (Å²) in [4.78, 5) is 0. The minimum absolute atomic E-state index is 0.185. The van der Waals surface area contributed by atoms with Crippen molar-refractivity contribution < 1.29 is 4.39 Å². The molecule has 0 amide bonds. The maximum atomic E-state index is 14.0. The van der Waals surface area contributed by atoms with E-state index >= 15 is 0 Å². The van der Waals surface area contributed by atoms with Gasteiger partial charge in [0.05, 0.1) is 0 Å². The number of hydrogen-bond donors (Lipinski definition) is 1. The molecule has 0 aliphatic carbocycles. The lowest BCUT2D eigenvalue weighted by molar-refractivity contribution is 0.608. The third-order valence-electron chi connectivity index (χ3n) is 3.22. The summed E-state index contributed by atoms with van der Waals surface area (Å²) in [5, 5.41) is 11.9. The second-order valence-corrected chi connectivity index (χ2v) is 4.97. The minimum Gasteiger partial charge on any atom is -0.398 e. The van der Waals surface area contributed by atoms with E-state index in [-0.39, 0.29) is 5.69 Å². The lowest BCUT2D eigenvalue weighted by Crippen LogP contribution is -2.04. The Kier molecular flexibility index (Phi) is 3.31. The standard InChI is InChI=1S/C14H11ClFN5/c1-8-10(3-2-4-12(8)17)14-18-19-20-21(14)13-7-9(15)5-6-11(13)16/h2-7H,17H2,1H3. The molecule has 3 rings (SSSR count). The molecule has 3 aromatic rings. The first-order chi connectivity index (χ1) is 10.1. The third-order valence-corrected chi connectivity index (χ3v) is 3.46. The molecule has 0 radical (unpaired) electrons. The van der Waals surface area contributed by atoms with E-state index in [1.54, 1.807) is 12.1 Å². The van der Waals surface area contributed by atoms with E-state index in [4.69, 9.17) is 17.3 Å². The van der Waals surface area contributed by atoms with Gasteiger partial charge in [-0.3, -0.25) is 0 Å². The first kappa shape index (κ1) is 13.5. The topological polar surface area (TPSA) is 69.6 Å². The lowest BCUT2D eigenvalue weighted by Gasteiger charge is -2.09. The van der Waals surface area contributed by atoms with Crippen molar-refractivity contribution in [2.75, 3.05) is 5.73 Å². The van der Waals surface area contributed by atoms with Crippen LogP contribution in [0.25, 0.3) is 17.1 Å². The van der Waals surface area contributed by atoms with Crippen LogP contribution >= 0.6 is 11.6 Å². The predicted molar refractivity (Wildman–Crippen MR) is 78.7 cm³/mol. The van der Waals surface area contributed by atoms with Gasteiger partial charge in [0.2, 0.25) is 0 Å². The highest BCUT2D eigenvalue weighted by Crippen LogP contribution is 2.28. The first-order valence-electron chi connectivity index (χ1n) is 6.17. The van der Waals surface area contributed by atoms with Gasteiger partial charge in [0, 0.05) is 16.3 Å². The zero-order chi connectivity index (χ0) is 15.0. The average Bonchev–Trinajstić information content (AvgIpc) is 2.93. The highest BCUT2D eigenvalue weighted by molar-refractivity contribution is 6.30. The van der Waals surface area contributed by atoms with Crippen LogP contribution < -0.4 is 5.73 Å². The molecule has 2 aromatic carbocycles. The summed E-state index contributed by atoms with van der Waals surface area (Å²) in [6.45, 7) is 1.86. The van der Waals surface area contributed by atoms with E-state index in [2.05, 4.69) is 15.5 Å². The molecule has 0 bridgehead atoms. The zero-order valence-electron chi connectivity index (χ0n) is 11.1. The second kappa shape index (κ2) is 5.14. The van der Waals surface area contributed by atoms with Crippen molar-refractivity contribution in [2.24, 2.45) is 0 Å². The molecule has 1 heterocycles. The van der Waals surface area contributed by atoms with Crippen molar-refractivity contribution >= 4 is 17.3 Å². The summed E-state index contributed by atoms with van der Waals surface area (Å²) in [5.74, 6) is -0.0597. The Labute approximate surface area is 125 Å². The Balaban J connectivity index is 2.22. The Morgan fingerprint density at radius 1 is 1.24 bits per heavy atom. The van der Waals surface area contributed by atoms with Crippen molar-refractivity contribution in [3.63, 3.8) is 0 Å². The molecule has 0 saturated heterocycles. The summed E-state index contributed by atoms with van der Waals surface area (Å²) < 4.78 is 15.3. The Hall–Kier alpha value is -2.47. The predicted octanol–water partition coefficient (Wildman–Crippen LogP) is 3.01. The summed E-state index contributed by atoms with van der Waals surface area (Å²) in [5.41, 5.74) is 8.27. The van der Waals surface area contributed by atoms with Gasteiger partial charge in [-0.2, -0.15) is 4.68 Å². The maximum absolute atomic E-state index is 14.0. The van der Waals surface area contributed by atoms with E-state index < -0.39 is 5.82 Å². The Bertz CT molecular complexity index is 798. The van der Waals surface area contributed by atoms with E-state index in [1.165, 1.54) is 22.9 Å². The SMILES string of the molecule is Cc1c(N)cccc1-c1nnnn1-c1cc(Cl)ccc1F. The molecule has 1 aromatic heterocycles. The summed E-state index contributed by atoms with van der Waals surface area (Å²) in [6, 6.07) is 9.62. The molecule has 0 atom stereocenters. The molecule has 0 aliphatic rings. The number of benzene rings is 2. The van der Waals surface area contributed by atoms with Gasteiger partial charge in [0.1, 0.15) is 11.5 Å². The molecule has 0 saturated carbocycles. The highest BCUT2D eigenvalue weighted by atomic mass is 35.5. The number of nitrogens with two attached hydrogens (primary N) is 1. The number of hydrogen-bond acceptors (Lipinski definition) is 4. The van der Waals surface area contributed by atoms with Crippen LogP contribution in [-0.2, 0) is 0 Å². The fourth-order valence-electron chi connectivity index (χ4n) is 2.06. The van der Waals surface area contributed by atoms with Crippen molar-refractivity contribution in [2.45, 2.75) is 6.92 Å². The fraction of sp³-hybridized carbons (Fsp3) is 0.0714. The van der Waals surface area contributed by atoms with E-state index in [0.29, 0.717) is 16.5 Å². The van der Waals surface area contributed by atoms with Crippen LogP contribution in [0.2, 0.25) is 5.02 Å². The second-order valence-electron chi connectivity index (χ2n) is 4.53. The van der Waals surface area contributed by atoms with Gasteiger partial charge in [-0.1, -0.05) is 23.7 Å². The number of anilines is 1. The number of halogens is 2. The van der Waals surface area contributed by atoms with Crippen LogP contribution in [0.5, 0.6) is 0 Å². The van der Waals surface area contributed by atoms with E-state index in [9.17, 15) is 4.39 Å². The molecular weight excluding hydrogens is 293 g/mol. The third kappa shape index (κ3) is 2.34. The number of aromatic nitrogens is 4. The number of rotatable bonds is 2. The van der Waals surface area contributed by atoms with E-state index in [1.807, 2.05) is 13.0 Å². The van der Waals surface area contributed by atoms with Crippen molar-refractivity contribution in [1.82, 2.24) is 20.2 Å². The molecular formula is C14H11ClFN5. The quantitative estimate of drug-likeness (QED) is 0.739. The van der Waals surface area contributed by atoms with Gasteiger partial charge in [-0.15, -0.1) is 5.10 Å². The van der Waals surface area contributed by atoms with Gasteiger partial charge in [0.15, 0.2) is 5.82 Å². The van der Waals surface area contributed by atoms with Crippen LogP contribution in [0, 0.1) is 12.7 Å². The van der Waals surface area contributed by atoms with Gasteiger partial charge >= 0.3 is 0 Å². The minimum atomic E-state index is -0.463. The molecule has 0 unspecified atom stereocenters. The van der Waals surface area contributed by atoms with Crippen molar-refractivity contribution in [1.29, 1.82) is 0 Å². The average molecular weight is 304 g/mol. The maximum Gasteiger partial charge on any atom is 0.187 e. The molecule has 0 spiro atoms. The van der Waals surface area contributed by atoms with Crippen LogP contribution in [-0.4, -0.2) is 20.2 Å². The summed E-state index contributed by atoms with van der Waals surface area (Å²) >= 11 is 5.92. The lowest BCUT2D eigenvalue weighted by atomic mass is 10.1. The van der Waals surface area contributed by atoms with Crippen LogP contribution in [0.1, 0.15) is 5.56 Å². The highest BCUT2D eigenvalue weighted by Gasteiger charge is 2.16. The Morgan fingerprint density at radius 2 is 2.05 bits per heavy atom. The van der Waals surface area contributed by atoms with Crippen LogP contribution in [0.4, 0.5) is 10.1 Å². The van der Waals surface area contributed by atoms with Gasteiger partial charge < -0.3 is 5.73 Å². The largest absolute Gasteiger partial charge is 0.398 e. The van der Waals surface area contributed by atoms with Crippen LogP contribution in [0.3, 0.4) is 0 Å². The number of nitrogen functional groups attached to an aromatic ring is 1. The number of tetrazole rings is 1. The van der Waals surface area contributed by atoms with Gasteiger partial charge in [0.25, 0.3) is 0 Å². The van der Waals surface area contributed by atoms with Crippen molar-refractivity contribution in [3.05, 3.63) is 52.8 Å². The van der Waals surface area contributed by atoms with Gasteiger partial charge in [-0.25, -0.2) is 4.39 Å². The molecule has 106 valence electrons. The normalized spacial score (nSPS) is 10.8. The molecule has 2 N–H and O–H groups in total. The molecule has 21 heavy (non-hydrogen) atoms. The monoisotopic (exact) mass is 303 g/mol. The van der Waals surface area contributed by atoms with E-state index in [0.717, 1.165) is 11.1 Å². The molecule has 0 aliphatic heterocycles. The molecule has 7 heteroatoms. The molecule has 5 nitrogen and oxygen atoms in total. The summed E-state index contributed by atoms with van der Waals surface area (Å²) in [7, 11) is 0. The zero-order valence-corrected chi connectivity index (χ0v) is 11.8. The number of nitrogens with zero attached hydrogens (tertiary/aromatic N) is 4. The molecule has 0 fully saturated rings. The summed E-state index contributed by atoms with van der Waals surface area (Å²) in [6.07, 6.45) is 0. The Morgan fingerprint density at radius 3 is 2.86 bits per heavy atom.